The van der Waals surface area contributed by atoms with Crippen molar-refractivity contribution in [1.82, 2.24) is 10.2 Å². The zero-order valence-corrected chi connectivity index (χ0v) is 18.2. The first-order valence-corrected chi connectivity index (χ1v) is 11.5. The number of nitrogens with zero attached hydrogens (tertiary/aromatic N) is 1. The molecule has 0 spiro atoms. The Labute approximate surface area is 182 Å². The molecule has 1 saturated carbocycles. The third-order valence-corrected chi connectivity index (χ3v) is 6.49. The van der Waals surface area contributed by atoms with Gasteiger partial charge in [-0.1, -0.05) is 49.6 Å². The molecule has 0 aliphatic heterocycles. The SMILES string of the molecule is C[C@@H](C(=O)NC1CCCCC1)N(Cc1ccc(F)cc1)C(=O)CSc1ccccc1. The van der Waals surface area contributed by atoms with Gasteiger partial charge in [-0.2, -0.15) is 0 Å². The summed E-state index contributed by atoms with van der Waals surface area (Å²) < 4.78 is 13.3. The molecule has 1 aliphatic rings. The van der Waals surface area contributed by atoms with Gasteiger partial charge in [-0.25, -0.2) is 4.39 Å². The molecule has 2 aromatic rings. The molecule has 0 bridgehead atoms. The highest BCUT2D eigenvalue weighted by molar-refractivity contribution is 8.00. The Balaban J connectivity index is 1.68. The van der Waals surface area contributed by atoms with Crippen molar-refractivity contribution in [3.63, 3.8) is 0 Å². The van der Waals surface area contributed by atoms with Crippen molar-refractivity contribution in [3.8, 4) is 0 Å². The normalized spacial score (nSPS) is 15.4. The average molecular weight is 429 g/mol. The number of carbonyl (C=O) groups excluding carboxylic acids is 2. The summed E-state index contributed by atoms with van der Waals surface area (Å²) in [5, 5.41) is 3.12. The zero-order chi connectivity index (χ0) is 21.3. The minimum atomic E-state index is -0.596. The van der Waals surface area contributed by atoms with Crippen LogP contribution in [0.25, 0.3) is 0 Å². The van der Waals surface area contributed by atoms with Gasteiger partial charge in [0.25, 0.3) is 0 Å². The molecule has 0 radical (unpaired) electrons. The first kappa shape index (κ1) is 22.3. The fourth-order valence-electron chi connectivity index (χ4n) is 3.68. The van der Waals surface area contributed by atoms with Crippen molar-refractivity contribution in [3.05, 3.63) is 66.0 Å². The predicted octanol–water partition coefficient (Wildman–Crippen LogP) is 4.78. The zero-order valence-electron chi connectivity index (χ0n) is 17.4. The molecular formula is C24H29FN2O2S. The molecule has 1 atom stereocenters. The van der Waals surface area contributed by atoms with Crippen LogP contribution in [-0.4, -0.2) is 34.6 Å². The molecule has 160 valence electrons. The lowest BCUT2D eigenvalue weighted by molar-refractivity contribution is -0.139. The molecule has 6 heteroatoms. The summed E-state index contributed by atoms with van der Waals surface area (Å²) in [5.74, 6) is -0.312. The van der Waals surface area contributed by atoms with Crippen LogP contribution in [0.4, 0.5) is 4.39 Å². The van der Waals surface area contributed by atoms with E-state index in [1.807, 2.05) is 30.3 Å². The second-order valence-corrected chi connectivity index (χ2v) is 8.82. The van der Waals surface area contributed by atoms with E-state index in [1.54, 1.807) is 24.0 Å². The summed E-state index contributed by atoms with van der Waals surface area (Å²) in [6, 6.07) is 15.4. The van der Waals surface area contributed by atoms with Crippen molar-refractivity contribution in [1.29, 1.82) is 0 Å². The van der Waals surface area contributed by atoms with Gasteiger partial charge in [0, 0.05) is 17.5 Å². The number of amides is 2. The van der Waals surface area contributed by atoms with E-state index in [-0.39, 0.29) is 36.0 Å². The Morgan fingerprint density at radius 3 is 2.40 bits per heavy atom. The van der Waals surface area contributed by atoms with E-state index < -0.39 is 6.04 Å². The number of hydrogen-bond acceptors (Lipinski definition) is 3. The highest BCUT2D eigenvalue weighted by Gasteiger charge is 2.28. The number of rotatable bonds is 8. The molecule has 1 N–H and O–H groups in total. The molecule has 0 aromatic heterocycles. The highest BCUT2D eigenvalue weighted by Crippen LogP contribution is 2.21. The number of nitrogens with one attached hydrogen (secondary N) is 1. The molecule has 30 heavy (non-hydrogen) atoms. The van der Waals surface area contributed by atoms with Crippen LogP contribution in [0.2, 0.25) is 0 Å². The Kier molecular flexibility index (Phi) is 8.31. The highest BCUT2D eigenvalue weighted by atomic mass is 32.2. The largest absolute Gasteiger partial charge is 0.352 e. The molecule has 2 amide bonds. The number of carbonyl (C=O) groups is 2. The number of hydrogen-bond donors (Lipinski definition) is 1. The molecule has 3 rings (SSSR count). The van der Waals surface area contributed by atoms with Gasteiger partial charge in [-0.15, -0.1) is 11.8 Å². The minimum absolute atomic E-state index is 0.112. The van der Waals surface area contributed by atoms with Crippen molar-refractivity contribution in [2.24, 2.45) is 0 Å². The Morgan fingerprint density at radius 2 is 1.73 bits per heavy atom. The van der Waals surface area contributed by atoms with Crippen molar-refractivity contribution in [2.75, 3.05) is 5.75 Å². The third kappa shape index (κ3) is 6.59. The van der Waals surface area contributed by atoms with Crippen LogP contribution in [0.15, 0.2) is 59.5 Å². The van der Waals surface area contributed by atoms with E-state index in [2.05, 4.69) is 5.32 Å². The van der Waals surface area contributed by atoms with Gasteiger partial charge in [-0.05, 0) is 49.6 Å². The molecule has 1 aliphatic carbocycles. The Morgan fingerprint density at radius 1 is 1.07 bits per heavy atom. The van der Waals surface area contributed by atoms with Gasteiger partial charge in [0.05, 0.1) is 5.75 Å². The first-order chi connectivity index (χ1) is 14.5. The smallest absolute Gasteiger partial charge is 0.242 e. The Hall–Kier alpha value is -2.34. The number of thioether (sulfide) groups is 1. The van der Waals surface area contributed by atoms with Crippen LogP contribution in [0, 0.1) is 5.82 Å². The summed E-state index contributed by atoms with van der Waals surface area (Å²) in [4.78, 5) is 28.6. The summed E-state index contributed by atoms with van der Waals surface area (Å²) in [5.41, 5.74) is 0.798. The fraction of sp³-hybridized carbons (Fsp3) is 0.417. The van der Waals surface area contributed by atoms with E-state index >= 15 is 0 Å². The van der Waals surface area contributed by atoms with E-state index in [1.165, 1.54) is 30.3 Å². The molecular weight excluding hydrogens is 399 g/mol. The third-order valence-electron chi connectivity index (χ3n) is 5.49. The quantitative estimate of drug-likeness (QED) is 0.616. The van der Waals surface area contributed by atoms with Crippen LogP contribution in [0.3, 0.4) is 0 Å². The van der Waals surface area contributed by atoms with E-state index in [9.17, 15) is 14.0 Å². The van der Waals surface area contributed by atoms with E-state index in [4.69, 9.17) is 0 Å². The van der Waals surface area contributed by atoms with Crippen LogP contribution in [-0.2, 0) is 16.1 Å². The Bertz CT molecular complexity index is 823. The van der Waals surface area contributed by atoms with Gasteiger partial charge < -0.3 is 10.2 Å². The van der Waals surface area contributed by atoms with Crippen LogP contribution in [0.5, 0.6) is 0 Å². The maximum atomic E-state index is 13.3. The van der Waals surface area contributed by atoms with E-state index in [0.29, 0.717) is 0 Å². The number of halogens is 1. The monoisotopic (exact) mass is 428 g/mol. The lowest BCUT2D eigenvalue weighted by atomic mass is 9.95. The van der Waals surface area contributed by atoms with Crippen molar-refractivity contribution in [2.45, 2.75) is 62.6 Å². The minimum Gasteiger partial charge on any atom is -0.352 e. The maximum Gasteiger partial charge on any atom is 0.242 e. The lowest BCUT2D eigenvalue weighted by Gasteiger charge is -2.31. The van der Waals surface area contributed by atoms with Crippen LogP contribution >= 0.6 is 11.8 Å². The second kappa shape index (κ2) is 11.2. The molecule has 1 fully saturated rings. The molecule has 4 nitrogen and oxygen atoms in total. The summed E-state index contributed by atoms with van der Waals surface area (Å²) in [6.45, 7) is 2.04. The fourth-order valence-corrected chi connectivity index (χ4v) is 4.49. The van der Waals surface area contributed by atoms with Gasteiger partial charge in [-0.3, -0.25) is 9.59 Å². The van der Waals surface area contributed by atoms with Crippen molar-refractivity contribution < 1.29 is 14.0 Å². The summed E-state index contributed by atoms with van der Waals surface area (Å²) in [6.07, 6.45) is 5.47. The first-order valence-electron chi connectivity index (χ1n) is 10.5. The topological polar surface area (TPSA) is 49.4 Å². The van der Waals surface area contributed by atoms with Crippen LogP contribution < -0.4 is 5.32 Å². The standard InChI is InChI=1S/C24H29FN2O2S/c1-18(24(29)26-21-8-4-2-5-9-21)27(16-19-12-14-20(25)15-13-19)23(28)17-30-22-10-6-3-7-11-22/h3,6-7,10-15,18,21H,2,4-5,8-9,16-17H2,1H3,(H,26,29)/t18-/m0/s1. The van der Waals surface area contributed by atoms with Gasteiger partial charge in [0.1, 0.15) is 11.9 Å². The molecule has 2 aromatic carbocycles. The number of benzene rings is 2. The van der Waals surface area contributed by atoms with Crippen molar-refractivity contribution >= 4 is 23.6 Å². The molecule has 0 unspecified atom stereocenters. The molecule has 0 heterocycles. The van der Waals surface area contributed by atoms with Gasteiger partial charge in [0.2, 0.25) is 11.8 Å². The van der Waals surface area contributed by atoms with E-state index in [0.717, 1.165) is 36.1 Å². The summed E-state index contributed by atoms with van der Waals surface area (Å²) in [7, 11) is 0. The lowest BCUT2D eigenvalue weighted by Crippen LogP contribution is -2.50. The average Bonchev–Trinajstić information content (AvgIpc) is 2.78. The molecule has 0 saturated heterocycles. The van der Waals surface area contributed by atoms with Crippen LogP contribution in [0.1, 0.15) is 44.6 Å². The van der Waals surface area contributed by atoms with Gasteiger partial charge >= 0.3 is 0 Å². The maximum absolute atomic E-state index is 13.3. The second-order valence-electron chi connectivity index (χ2n) is 7.77. The predicted molar refractivity (Wildman–Crippen MR) is 119 cm³/mol. The van der Waals surface area contributed by atoms with Gasteiger partial charge in [0.15, 0.2) is 0 Å². The summed E-state index contributed by atoms with van der Waals surface area (Å²) >= 11 is 1.45.